The van der Waals surface area contributed by atoms with E-state index in [9.17, 15) is 4.79 Å². The summed E-state index contributed by atoms with van der Waals surface area (Å²) in [7, 11) is 0. The number of benzene rings is 1. The van der Waals surface area contributed by atoms with Crippen molar-refractivity contribution in [2.24, 2.45) is 0 Å². The maximum Gasteiger partial charge on any atom is 0.316 e. The molecule has 25 heavy (non-hydrogen) atoms. The van der Waals surface area contributed by atoms with Crippen molar-refractivity contribution in [1.29, 1.82) is 0 Å². The van der Waals surface area contributed by atoms with Crippen LogP contribution >= 0.6 is 11.6 Å². The number of piperidine rings is 1. The van der Waals surface area contributed by atoms with Crippen LogP contribution in [-0.4, -0.2) is 46.6 Å². The summed E-state index contributed by atoms with van der Waals surface area (Å²) in [5.74, 6) is 0.757. The van der Waals surface area contributed by atoms with Crippen molar-refractivity contribution in [2.75, 3.05) is 19.7 Å². The van der Waals surface area contributed by atoms with E-state index in [0.717, 1.165) is 18.6 Å². The van der Waals surface area contributed by atoms with Crippen LogP contribution in [0.3, 0.4) is 0 Å². The maximum atomic E-state index is 12.7. The van der Waals surface area contributed by atoms with Gasteiger partial charge in [-0.3, -0.25) is 4.79 Å². The lowest BCUT2D eigenvalue weighted by molar-refractivity contribution is 0.0516. The van der Waals surface area contributed by atoms with Crippen molar-refractivity contribution in [3.05, 3.63) is 47.2 Å². The Morgan fingerprint density at radius 2 is 2.00 bits per heavy atom. The van der Waals surface area contributed by atoms with Crippen molar-refractivity contribution in [3.63, 3.8) is 0 Å². The highest BCUT2D eigenvalue weighted by Gasteiger charge is 2.26. The number of halogens is 1. The fourth-order valence-corrected chi connectivity index (χ4v) is 2.87. The van der Waals surface area contributed by atoms with Crippen LogP contribution < -0.4 is 9.47 Å². The van der Waals surface area contributed by atoms with Crippen LogP contribution in [0, 0.1) is 0 Å². The standard InChI is InChI=1S/C18H20ClN3O3/c1-2-24-15-7-5-13(6-8-15)17(23)22-9-3-4-16(12-22)25-18-20-10-14(19)11-21-18/h5-8,10-11,16H,2-4,9,12H2,1H3. The minimum absolute atomic E-state index is 0.00614. The summed E-state index contributed by atoms with van der Waals surface area (Å²) in [5, 5.41) is 0.461. The third-order valence-corrected chi connectivity index (χ3v) is 4.14. The molecule has 0 bridgehead atoms. The molecule has 1 unspecified atom stereocenters. The molecule has 1 amide bonds. The molecule has 132 valence electrons. The summed E-state index contributed by atoms with van der Waals surface area (Å²) in [6.07, 6.45) is 4.60. The first-order valence-corrected chi connectivity index (χ1v) is 8.70. The van der Waals surface area contributed by atoms with Gasteiger partial charge >= 0.3 is 6.01 Å². The smallest absolute Gasteiger partial charge is 0.316 e. The summed E-state index contributed by atoms with van der Waals surface area (Å²) >= 11 is 5.78. The van der Waals surface area contributed by atoms with E-state index in [4.69, 9.17) is 21.1 Å². The van der Waals surface area contributed by atoms with Crippen LogP contribution in [-0.2, 0) is 0 Å². The summed E-state index contributed by atoms with van der Waals surface area (Å²) in [5.41, 5.74) is 0.645. The van der Waals surface area contributed by atoms with Gasteiger partial charge in [-0.2, -0.15) is 0 Å². The molecular formula is C18H20ClN3O3. The van der Waals surface area contributed by atoms with Gasteiger partial charge in [-0.1, -0.05) is 11.6 Å². The lowest BCUT2D eigenvalue weighted by atomic mass is 10.1. The molecule has 3 rings (SSSR count). The van der Waals surface area contributed by atoms with Gasteiger partial charge in [0.15, 0.2) is 0 Å². The van der Waals surface area contributed by atoms with Crippen molar-refractivity contribution >= 4 is 17.5 Å². The Balaban J connectivity index is 1.61. The van der Waals surface area contributed by atoms with Crippen molar-refractivity contribution in [1.82, 2.24) is 14.9 Å². The van der Waals surface area contributed by atoms with E-state index in [1.807, 2.05) is 19.1 Å². The van der Waals surface area contributed by atoms with Crippen LogP contribution in [0.25, 0.3) is 0 Å². The number of carbonyl (C=O) groups is 1. The van der Waals surface area contributed by atoms with Crippen LogP contribution in [0.15, 0.2) is 36.7 Å². The number of carbonyl (C=O) groups excluding carboxylic acids is 1. The van der Waals surface area contributed by atoms with E-state index < -0.39 is 0 Å². The third-order valence-electron chi connectivity index (χ3n) is 3.95. The SMILES string of the molecule is CCOc1ccc(C(=O)N2CCCC(Oc3ncc(Cl)cn3)C2)cc1. The number of likely N-dealkylation sites (tertiary alicyclic amines) is 1. The topological polar surface area (TPSA) is 64.5 Å². The lowest BCUT2D eigenvalue weighted by Gasteiger charge is -2.32. The second-order valence-electron chi connectivity index (χ2n) is 5.77. The van der Waals surface area contributed by atoms with Gasteiger partial charge in [-0.05, 0) is 44.0 Å². The molecule has 2 aromatic rings. The van der Waals surface area contributed by atoms with E-state index in [1.165, 1.54) is 12.4 Å². The molecule has 1 aliphatic heterocycles. The molecule has 1 fully saturated rings. The summed E-state index contributed by atoms with van der Waals surface area (Å²) in [4.78, 5) is 22.6. The predicted octanol–water partition coefficient (Wildman–Crippen LogP) is 3.21. The fourth-order valence-electron chi connectivity index (χ4n) is 2.77. The monoisotopic (exact) mass is 361 g/mol. The zero-order valence-corrected chi connectivity index (χ0v) is 14.8. The van der Waals surface area contributed by atoms with E-state index in [2.05, 4.69) is 9.97 Å². The number of amides is 1. The van der Waals surface area contributed by atoms with E-state index in [0.29, 0.717) is 30.3 Å². The first kappa shape index (κ1) is 17.5. The molecule has 0 aliphatic carbocycles. The van der Waals surface area contributed by atoms with Crippen molar-refractivity contribution < 1.29 is 14.3 Å². The zero-order valence-electron chi connectivity index (χ0n) is 14.0. The Kier molecular flexibility index (Phi) is 5.71. The highest BCUT2D eigenvalue weighted by atomic mass is 35.5. The number of rotatable bonds is 5. The minimum Gasteiger partial charge on any atom is -0.494 e. The third kappa shape index (κ3) is 4.60. The molecule has 1 aromatic carbocycles. The predicted molar refractivity (Wildman–Crippen MR) is 94.2 cm³/mol. The van der Waals surface area contributed by atoms with Crippen LogP contribution in [0.4, 0.5) is 0 Å². The molecule has 2 heterocycles. The van der Waals surface area contributed by atoms with E-state index in [-0.39, 0.29) is 18.0 Å². The molecule has 0 radical (unpaired) electrons. The number of ether oxygens (including phenoxy) is 2. The van der Waals surface area contributed by atoms with E-state index >= 15 is 0 Å². The Labute approximate surface area is 151 Å². The van der Waals surface area contributed by atoms with Gasteiger partial charge in [-0.25, -0.2) is 9.97 Å². The molecular weight excluding hydrogens is 342 g/mol. The largest absolute Gasteiger partial charge is 0.494 e. The molecule has 7 heteroatoms. The molecule has 1 atom stereocenters. The second-order valence-corrected chi connectivity index (χ2v) is 6.21. The molecule has 0 N–H and O–H groups in total. The number of hydrogen-bond donors (Lipinski definition) is 0. The van der Waals surface area contributed by atoms with Crippen LogP contribution in [0.5, 0.6) is 11.8 Å². The van der Waals surface area contributed by atoms with Crippen LogP contribution in [0.1, 0.15) is 30.1 Å². The first-order valence-electron chi connectivity index (χ1n) is 8.32. The van der Waals surface area contributed by atoms with E-state index in [1.54, 1.807) is 17.0 Å². The molecule has 1 aromatic heterocycles. The maximum absolute atomic E-state index is 12.7. The van der Waals surface area contributed by atoms with Gasteiger partial charge in [-0.15, -0.1) is 0 Å². The molecule has 0 spiro atoms. The van der Waals surface area contributed by atoms with Gasteiger partial charge in [0, 0.05) is 12.1 Å². The van der Waals surface area contributed by atoms with Gasteiger partial charge < -0.3 is 14.4 Å². The summed E-state index contributed by atoms with van der Waals surface area (Å²) < 4.78 is 11.2. The average Bonchev–Trinajstić information content (AvgIpc) is 2.64. The Morgan fingerprint density at radius 3 is 2.68 bits per heavy atom. The highest BCUT2D eigenvalue weighted by Crippen LogP contribution is 2.19. The quantitative estimate of drug-likeness (QED) is 0.818. The minimum atomic E-state index is -0.124. The Hall–Kier alpha value is -2.34. The Morgan fingerprint density at radius 1 is 1.28 bits per heavy atom. The van der Waals surface area contributed by atoms with Crippen molar-refractivity contribution in [2.45, 2.75) is 25.9 Å². The fraction of sp³-hybridized carbons (Fsp3) is 0.389. The van der Waals surface area contributed by atoms with Gasteiger partial charge in [0.2, 0.25) is 0 Å². The molecule has 0 saturated carbocycles. The molecule has 1 saturated heterocycles. The normalized spacial score (nSPS) is 17.2. The zero-order chi connectivity index (χ0) is 17.6. The molecule has 1 aliphatic rings. The number of nitrogens with zero attached hydrogens (tertiary/aromatic N) is 3. The van der Waals surface area contributed by atoms with Gasteiger partial charge in [0.05, 0.1) is 30.6 Å². The highest BCUT2D eigenvalue weighted by molar-refractivity contribution is 6.30. The number of hydrogen-bond acceptors (Lipinski definition) is 5. The summed E-state index contributed by atoms with van der Waals surface area (Å²) in [6.45, 7) is 3.76. The van der Waals surface area contributed by atoms with Crippen LogP contribution in [0.2, 0.25) is 5.02 Å². The second kappa shape index (κ2) is 8.16. The van der Waals surface area contributed by atoms with Crippen molar-refractivity contribution in [3.8, 4) is 11.8 Å². The van der Waals surface area contributed by atoms with Gasteiger partial charge in [0.25, 0.3) is 5.91 Å². The summed E-state index contributed by atoms with van der Waals surface area (Å²) in [6, 6.07) is 7.50. The molecule has 6 nitrogen and oxygen atoms in total. The Bertz CT molecular complexity index is 707. The average molecular weight is 362 g/mol. The number of aromatic nitrogens is 2. The van der Waals surface area contributed by atoms with Gasteiger partial charge in [0.1, 0.15) is 11.9 Å². The lowest BCUT2D eigenvalue weighted by Crippen LogP contribution is -2.44. The first-order chi connectivity index (χ1) is 12.2.